The minimum atomic E-state index is 0. The lowest BCUT2D eigenvalue weighted by Crippen LogP contribution is -2.45. The Morgan fingerprint density at radius 1 is 1.08 bits per heavy atom. The highest BCUT2D eigenvalue weighted by molar-refractivity contribution is 14.0. The molecule has 2 N–H and O–H groups in total. The van der Waals surface area contributed by atoms with Gasteiger partial charge in [-0.25, -0.2) is 4.99 Å². The molecule has 24 heavy (non-hydrogen) atoms. The van der Waals surface area contributed by atoms with Crippen LogP contribution in [0.25, 0.3) is 0 Å². The number of rotatable bonds is 4. The highest BCUT2D eigenvalue weighted by Crippen LogP contribution is 2.30. The Hall–Kier alpha value is -0.860. The first-order valence-corrected chi connectivity index (χ1v) is 8.61. The van der Waals surface area contributed by atoms with Crippen LogP contribution in [0.4, 0.5) is 0 Å². The first kappa shape index (κ1) is 19.5. The average molecular weight is 445 g/mol. The fourth-order valence-corrected chi connectivity index (χ4v) is 3.27. The van der Waals surface area contributed by atoms with Gasteiger partial charge < -0.3 is 20.1 Å². The normalized spacial score (nSPS) is 21.2. The van der Waals surface area contributed by atoms with Gasteiger partial charge in [0.25, 0.3) is 0 Å². The van der Waals surface area contributed by atoms with E-state index in [1.54, 1.807) is 0 Å². The predicted octanol–water partition coefficient (Wildman–Crippen LogP) is 2.81. The number of nitrogens with two attached hydrogens (primary N) is 1. The number of nitrogens with zero attached hydrogens (tertiary/aromatic N) is 2. The van der Waals surface area contributed by atoms with Gasteiger partial charge in [0.05, 0.1) is 19.3 Å². The number of guanidine groups is 1. The number of halogens is 1. The summed E-state index contributed by atoms with van der Waals surface area (Å²) in [6.45, 7) is 4.85. The van der Waals surface area contributed by atoms with Gasteiger partial charge in [-0.15, -0.1) is 24.0 Å². The Labute approximate surface area is 161 Å². The van der Waals surface area contributed by atoms with Crippen LogP contribution >= 0.6 is 24.0 Å². The molecule has 0 spiro atoms. The van der Waals surface area contributed by atoms with Crippen molar-refractivity contribution in [2.24, 2.45) is 16.6 Å². The molecule has 2 saturated heterocycles. The molecule has 134 valence electrons. The summed E-state index contributed by atoms with van der Waals surface area (Å²) in [7, 11) is 0. The van der Waals surface area contributed by atoms with Gasteiger partial charge in [0.15, 0.2) is 5.96 Å². The molecular weight excluding hydrogens is 417 g/mol. The molecule has 0 amide bonds. The summed E-state index contributed by atoms with van der Waals surface area (Å²) in [4.78, 5) is 7.02. The second-order valence-corrected chi connectivity index (χ2v) is 6.30. The first-order valence-electron chi connectivity index (χ1n) is 8.61. The Balaban J connectivity index is 0.00000208. The first-order chi connectivity index (χ1) is 11.3. The molecule has 2 aliphatic heterocycles. The van der Waals surface area contributed by atoms with Crippen molar-refractivity contribution < 1.29 is 9.47 Å². The van der Waals surface area contributed by atoms with E-state index in [0.29, 0.717) is 11.9 Å². The van der Waals surface area contributed by atoms with E-state index in [-0.39, 0.29) is 30.0 Å². The average Bonchev–Trinajstić information content (AvgIpc) is 2.63. The molecule has 5 nitrogen and oxygen atoms in total. The number of aliphatic imine (C=N–C) groups is 1. The van der Waals surface area contributed by atoms with Crippen molar-refractivity contribution in [1.82, 2.24) is 4.90 Å². The third-order valence-corrected chi connectivity index (χ3v) is 4.71. The highest BCUT2D eigenvalue weighted by Gasteiger charge is 2.22. The molecule has 1 aromatic rings. The van der Waals surface area contributed by atoms with E-state index in [9.17, 15) is 0 Å². The highest BCUT2D eigenvalue weighted by atomic mass is 127. The lowest BCUT2D eigenvalue weighted by molar-refractivity contribution is 0.0611. The lowest BCUT2D eigenvalue weighted by atomic mass is 9.90. The van der Waals surface area contributed by atoms with Crippen molar-refractivity contribution in [3.8, 4) is 0 Å². The van der Waals surface area contributed by atoms with E-state index in [1.807, 2.05) is 6.07 Å². The Morgan fingerprint density at radius 3 is 2.38 bits per heavy atom. The molecule has 0 bridgehead atoms. The molecule has 3 rings (SSSR count). The maximum absolute atomic E-state index is 6.29. The van der Waals surface area contributed by atoms with E-state index < -0.39 is 0 Å². The monoisotopic (exact) mass is 445 g/mol. The predicted molar refractivity (Wildman–Crippen MR) is 107 cm³/mol. The van der Waals surface area contributed by atoms with E-state index in [2.05, 4.69) is 29.2 Å². The van der Waals surface area contributed by atoms with Gasteiger partial charge in [-0.1, -0.05) is 30.3 Å². The van der Waals surface area contributed by atoms with Crippen LogP contribution in [-0.4, -0.2) is 50.4 Å². The molecule has 0 aliphatic carbocycles. The second-order valence-electron chi connectivity index (χ2n) is 6.30. The van der Waals surface area contributed by atoms with Crippen LogP contribution < -0.4 is 5.73 Å². The quantitative estimate of drug-likeness (QED) is 0.440. The largest absolute Gasteiger partial charge is 0.381 e. The molecule has 1 atom stereocenters. The third kappa shape index (κ3) is 5.60. The van der Waals surface area contributed by atoms with E-state index in [1.165, 1.54) is 5.56 Å². The van der Waals surface area contributed by atoms with Crippen molar-refractivity contribution in [3.05, 3.63) is 35.9 Å². The van der Waals surface area contributed by atoms with Gasteiger partial charge in [0.1, 0.15) is 0 Å². The zero-order valence-electron chi connectivity index (χ0n) is 14.1. The Morgan fingerprint density at radius 2 is 1.71 bits per heavy atom. The number of hydrogen-bond donors (Lipinski definition) is 1. The standard InChI is InChI=1S/C18H27N3O2.HI/c19-18(21-8-12-23-13-9-21)20-17(16-4-2-1-3-5-16)14-15-6-10-22-11-7-15;/h1-5,15,17H,6-14H2,(H2,19,20);1H. The van der Waals surface area contributed by atoms with Gasteiger partial charge in [0, 0.05) is 26.3 Å². The molecule has 0 radical (unpaired) electrons. The molecule has 1 aromatic carbocycles. The van der Waals surface area contributed by atoms with Crippen LogP contribution in [0.2, 0.25) is 0 Å². The summed E-state index contributed by atoms with van der Waals surface area (Å²) in [5.41, 5.74) is 7.53. The molecule has 2 heterocycles. The van der Waals surface area contributed by atoms with Gasteiger partial charge in [-0.05, 0) is 30.7 Å². The molecule has 0 aromatic heterocycles. The minimum Gasteiger partial charge on any atom is -0.381 e. The topological polar surface area (TPSA) is 60.1 Å². The van der Waals surface area contributed by atoms with Crippen LogP contribution in [0.3, 0.4) is 0 Å². The summed E-state index contributed by atoms with van der Waals surface area (Å²) >= 11 is 0. The summed E-state index contributed by atoms with van der Waals surface area (Å²) < 4.78 is 10.9. The van der Waals surface area contributed by atoms with Crippen molar-refractivity contribution in [2.75, 3.05) is 39.5 Å². The summed E-state index contributed by atoms with van der Waals surface area (Å²) in [5, 5.41) is 0. The summed E-state index contributed by atoms with van der Waals surface area (Å²) in [6, 6.07) is 10.6. The molecule has 1 unspecified atom stereocenters. The molecule has 6 heteroatoms. The van der Waals surface area contributed by atoms with Crippen molar-refractivity contribution in [1.29, 1.82) is 0 Å². The van der Waals surface area contributed by atoms with Crippen LogP contribution in [-0.2, 0) is 9.47 Å². The summed E-state index contributed by atoms with van der Waals surface area (Å²) in [6.07, 6.45) is 3.28. The van der Waals surface area contributed by atoms with E-state index in [0.717, 1.165) is 58.8 Å². The third-order valence-electron chi connectivity index (χ3n) is 4.71. The number of hydrogen-bond acceptors (Lipinski definition) is 3. The molecule has 0 saturated carbocycles. The van der Waals surface area contributed by atoms with Crippen LogP contribution in [0.5, 0.6) is 0 Å². The minimum absolute atomic E-state index is 0. The molecule has 2 fully saturated rings. The number of morpholine rings is 1. The maximum atomic E-state index is 6.29. The Kier molecular flexibility index (Phi) is 8.28. The number of ether oxygens (including phenoxy) is 2. The van der Waals surface area contributed by atoms with Crippen LogP contribution in [0.15, 0.2) is 35.3 Å². The fraction of sp³-hybridized carbons (Fsp3) is 0.611. The SMILES string of the molecule is I.NC(=NC(CC1CCOCC1)c1ccccc1)N1CCOCC1. The van der Waals surface area contributed by atoms with Gasteiger partial charge >= 0.3 is 0 Å². The zero-order chi connectivity index (χ0) is 15.9. The zero-order valence-corrected chi connectivity index (χ0v) is 16.4. The van der Waals surface area contributed by atoms with Gasteiger partial charge in [0.2, 0.25) is 0 Å². The van der Waals surface area contributed by atoms with Crippen molar-refractivity contribution in [3.63, 3.8) is 0 Å². The molecular formula is C18H28IN3O2. The maximum Gasteiger partial charge on any atom is 0.192 e. The smallest absolute Gasteiger partial charge is 0.192 e. The van der Waals surface area contributed by atoms with Crippen LogP contribution in [0, 0.1) is 5.92 Å². The van der Waals surface area contributed by atoms with Gasteiger partial charge in [-0.2, -0.15) is 0 Å². The van der Waals surface area contributed by atoms with Crippen molar-refractivity contribution >= 4 is 29.9 Å². The lowest BCUT2D eigenvalue weighted by Gasteiger charge is -2.30. The van der Waals surface area contributed by atoms with E-state index >= 15 is 0 Å². The molecule has 2 aliphatic rings. The Bertz CT molecular complexity index is 500. The second kappa shape index (κ2) is 10.2. The summed E-state index contributed by atoms with van der Waals surface area (Å²) in [5.74, 6) is 1.31. The number of benzene rings is 1. The van der Waals surface area contributed by atoms with E-state index in [4.69, 9.17) is 20.2 Å². The van der Waals surface area contributed by atoms with Gasteiger partial charge in [-0.3, -0.25) is 0 Å². The van der Waals surface area contributed by atoms with Crippen molar-refractivity contribution in [2.45, 2.75) is 25.3 Å². The fourth-order valence-electron chi connectivity index (χ4n) is 3.27. The van der Waals surface area contributed by atoms with Crippen LogP contribution in [0.1, 0.15) is 30.9 Å².